The van der Waals surface area contributed by atoms with Gasteiger partial charge < -0.3 is 20.3 Å². The first-order chi connectivity index (χ1) is 15.9. The number of hydrogen-bond acceptors (Lipinski definition) is 6. The highest BCUT2D eigenvalue weighted by molar-refractivity contribution is 5.93. The van der Waals surface area contributed by atoms with Crippen LogP contribution in [0.3, 0.4) is 0 Å². The summed E-state index contributed by atoms with van der Waals surface area (Å²) in [6.45, 7) is -0.340. The maximum atomic E-state index is 12.4. The number of rotatable bonds is 7. The number of nitrogens with one attached hydrogen (secondary N) is 2. The summed E-state index contributed by atoms with van der Waals surface area (Å²) in [4.78, 5) is 39.2. The Morgan fingerprint density at radius 1 is 0.939 bits per heavy atom. The second kappa shape index (κ2) is 9.49. The van der Waals surface area contributed by atoms with E-state index in [0.717, 1.165) is 22.3 Å². The number of pyridine rings is 1. The van der Waals surface area contributed by atoms with Gasteiger partial charge in [-0.3, -0.25) is 10.1 Å². The van der Waals surface area contributed by atoms with Gasteiger partial charge in [-0.1, -0.05) is 54.6 Å². The molecule has 0 bridgehead atoms. The van der Waals surface area contributed by atoms with E-state index >= 15 is 0 Å². The summed E-state index contributed by atoms with van der Waals surface area (Å²) in [6.07, 6.45) is -2.45. The lowest BCUT2D eigenvalue weighted by Crippen LogP contribution is -2.36. The molecule has 4 rings (SSSR count). The molecule has 1 aliphatic rings. The highest BCUT2D eigenvalue weighted by atomic mass is 16.5. The number of benzene rings is 2. The van der Waals surface area contributed by atoms with Gasteiger partial charge in [-0.2, -0.15) is 0 Å². The Hall–Kier alpha value is -4.24. The van der Waals surface area contributed by atoms with Gasteiger partial charge in [-0.15, -0.1) is 0 Å². The van der Waals surface area contributed by atoms with Crippen LogP contribution in [0.2, 0.25) is 0 Å². The number of carboxylic acid groups (broad SMARTS) is 1. The minimum Gasteiger partial charge on any atom is -0.479 e. The fourth-order valence-electron chi connectivity index (χ4n) is 3.74. The molecule has 168 valence electrons. The van der Waals surface area contributed by atoms with Crippen molar-refractivity contribution in [2.24, 2.45) is 0 Å². The van der Waals surface area contributed by atoms with Crippen molar-refractivity contribution in [2.75, 3.05) is 18.5 Å². The number of hydrogen-bond donors (Lipinski definition) is 4. The van der Waals surface area contributed by atoms with Crippen molar-refractivity contribution in [2.45, 2.75) is 12.0 Å². The first kappa shape index (κ1) is 22.0. The summed E-state index contributed by atoms with van der Waals surface area (Å²) in [7, 11) is 0. The number of amides is 2. The van der Waals surface area contributed by atoms with E-state index in [2.05, 4.69) is 15.6 Å². The number of aliphatic hydroxyl groups excluding tert-OH is 1. The van der Waals surface area contributed by atoms with Crippen LogP contribution >= 0.6 is 0 Å². The Kier molecular flexibility index (Phi) is 6.32. The lowest BCUT2D eigenvalue weighted by atomic mass is 9.98. The molecule has 0 spiro atoms. The molecular formula is C24H21N3O6. The number of carbonyl (C=O) groups is 3. The van der Waals surface area contributed by atoms with E-state index in [1.807, 2.05) is 48.5 Å². The average molecular weight is 447 g/mol. The van der Waals surface area contributed by atoms with Crippen LogP contribution in [-0.4, -0.2) is 52.4 Å². The Morgan fingerprint density at radius 2 is 1.58 bits per heavy atom. The smallest absolute Gasteiger partial charge is 0.412 e. The summed E-state index contributed by atoms with van der Waals surface area (Å²) in [6, 6.07) is 20.4. The molecule has 0 radical (unpaired) electrons. The van der Waals surface area contributed by atoms with Crippen LogP contribution < -0.4 is 10.6 Å². The van der Waals surface area contributed by atoms with E-state index in [-0.39, 0.29) is 24.0 Å². The van der Waals surface area contributed by atoms with Crippen LogP contribution in [0, 0.1) is 0 Å². The number of carbonyl (C=O) groups excluding carboxylic acids is 2. The summed E-state index contributed by atoms with van der Waals surface area (Å²) in [5.41, 5.74) is 4.37. The predicted molar refractivity (Wildman–Crippen MR) is 119 cm³/mol. The van der Waals surface area contributed by atoms with Crippen molar-refractivity contribution >= 4 is 23.8 Å². The number of nitrogens with zero attached hydrogens (tertiary/aromatic N) is 1. The first-order valence-corrected chi connectivity index (χ1v) is 10.2. The average Bonchev–Trinajstić information content (AvgIpc) is 3.15. The number of ether oxygens (including phenoxy) is 1. The fourth-order valence-corrected chi connectivity index (χ4v) is 3.74. The zero-order valence-corrected chi connectivity index (χ0v) is 17.4. The van der Waals surface area contributed by atoms with E-state index in [0.29, 0.717) is 0 Å². The van der Waals surface area contributed by atoms with Crippen molar-refractivity contribution in [3.05, 3.63) is 83.6 Å². The van der Waals surface area contributed by atoms with Crippen LogP contribution in [0.15, 0.2) is 66.7 Å². The molecule has 1 aliphatic carbocycles. The molecule has 0 saturated carbocycles. The van der Waals surface area contributed by atoms with Gasteiger partial charge >= 0.3 is 12.1 Å². The molecule has 4 N–H and O–H groups in total. The minimum atomic E-state index is -1.73. The SMILES string of the molecule is O=C(Nc1cccc(C(=O)NCC(O)C(=O)O)n1)OCC1c2ccccc2-c2ccccc21. The highest BCUT2D eigenvalue weighted by Gasteiger charge is 2.29. The monoisotopic (exact) mass is 447 g/mol. The van der Waals surface area contributed by atoms with Gasteiger partial charge in [0.05, 0.1) is 6.54 Å². The zero-order chi connectivity index (χ0) is 23.4. The van der Waals surface area contributed by atoms with Gasteiger partial charge in [0, 0.05) is 5.92 Å². The molecule has 1 atom stereocenters. The molecule has 33 heavy (non-hydrogen) atoms. The van der Waals surface area contributed by atoms with E-state index in [9.17, 15) is 19.5 Å². The summed E-state index contributed by atoms with van der Waals surface area (Å²) >= 11 is 0. The number of aliphatic hydroxyl groups is 1. The van der Waals surface area contributed by atoms with Crippen LogP contribution in [0.25, 0.3) is 11.1 Å². The summed E-state index contributed by atoms with van der Waals surface area (Å²) < 4.78 is 5.46. The highest BCUT2D eigenvalue weighted by Crippen LogP contribution is 2.44. The van der Waals surface area contributed by atoms with Crippen molar-refractivity contribution in [1.82, 2.24) is 10.3 Å². The normalized spacial score (nSPS) is 12.9. The standard InChI is InChI=1S/C24H21N3O6/c28-20(23(30)31)12-25-22(29)19-10-5-11-21(26-19)27-24(32)33-13-18-16-8-3-1-6-14(16)15-7-2-4-9-17(15)18/h1-11,18,20,28H,12-13H2,(H,25,29)(H,30,31)(H,26,27,32). The molecule has 0 fully saturated rings. The van der Waals surface area contributed by atoms with E-state index in [4.69, 9.17) is 9.84 Å². The van der Waals surface area contributed by atoms with Crippen LogP contribution in [0.5, 0.6) is 0 Å². The fraction of sp³-hybridized carbons (Fsp3) is 0.167. The van der Waals surface area contributed by atoms with Crippen LogP contribution in [0.4, 0.5) is 10.6 Å². The van der Waals surface area contributed by atoms with Gasteiger partial charge in [0.25, 0.3) is 5.91 Å². The minimum absolute atomic E-state index is 0.0518. The summed E-state index contributed by atoms with van der Waals surface area (Å²) in [5.74, 6) is -2.13. The van der Waals surface area contributed by atoms with Gasteiger partial charge in [0.1, 0.15) is 18.1 Å². The molecule has 0 aliphatic heterocycles. The maximum Gasteiger partial charge on any atom is 0.412 e. The third-order valence-electron chi connectivity index (χ3n) is 5.30. The Morgan fingerprint density at radius 3 is 2.21 bits per heavy atom. The molecule has 1 unspecified atom stereocenters. The van der Waals surface area contributed by atoms with Crippen molar-refractivity contribution < 1.29 is 29.3 Å². The Labute approximate surface area is 189 Å². The van der Waals surface area contributed by atoms with Gasteiger partial charge in [-0.05, 0) is 34.4 Å². The molecule has 1 aromatic heterocycles. The van der Waals surface area contributed by atoms with E-state index in [1.54, 1.807) is 0 Å². The molecule has 2 amide bonds. The number of aromatic nitrogens is 1. The van der Waals surface area contributed by atoms with Gasteiger partial charge in [0.2, 0.25) is 0 Å². The third kappa shape index (κ3) is 4.83. The van der Waals surface area contributed by atoms with Crippen molar-refractivity contribution in [3.63, 3.8) is 0 Å². The second-order valence-corrected chi connectivity index (χ2v) is 7.42. The topological polar surface area (TPSA) is 138 Å². The van der Waals surface area contributed by atoms with Crippen LogP contribution in [-0.2, 0) is 9.53 Å². The van der Waals surface area contributed by atoms with E-state index in [1.165, 1.54) is 18.2 Å². The number of fused-ring (bicyclic) bond motifs is 3. The Bertz CT molecular complexity index is 1170. The van der Waals surface area contributed by atoms with Crippen molar-refractivity contribution in [3.8, 4) is 11.1 Å². The largest absolute Gasteiger partial charge is 0.479 e. The van der Waals surface area contributed by atoms with Gasteiger partial charge in [-0.25, -0.2) is 14.6 Å². The second-order valence-electron chi connectivity index (χ2n) is 7.42. The molecule has 9 heteroatoms. The molecule has 2 aromatic carbocycles. The summed E-state index contributed by atoms with van der Waals surface area (Å²) in [5, 5.41) is 22.7. The van der Waals surface area contributed by atoms with Crippen LogP contribution in [0.1, 0.15) is 27.5 Å². The van der Waals surface area contributed by atoms with Crippen molar-refractivity contribution in [1.29, 1.82) is 0 Å². The maximum absolute atomic E-state index is 12.4. The number of aliphatic carboxylic acids is 1. The predicted octanol–water partition coefficient (Wildman–Crippen LogP) is 2.62. The number of anilines is 1. The molecule has 9 nitrogen and oxygen atoms in total. The van der Waals surface area contributed by atoms with E-state index < -0.39 is 30.6 Å². The molecule has 3 aromatic rings. The number of carboxylic acids is 1. The Balaban J connectivity index is 1.38. The third-order valence-corrected chi connectivity index (χ3v) is 5.30. The first-order valence-electron chi connectivity index (χ1n) is 10.2. The lowest BCUT2D eigenvalue weighted by molar-refractivity contribution is -0.146. The molecule has 0 saturated heterocycles. The quantitative estimate of drug-likeness (QED) is 0.437. The van der Waals surface area contributed by atoms with Gasteiger partial charge in [0.15, 0.2) is 6.10 Å². The zero-order valence-electron chi connectivity index (χ0n) is 17.4. The lowest BCUT2D eigenvalue weighted by Gasteiger charge is -2.14. The molecular weight excluding hydrogens is 426 g/mol. The molecule has 1 heterocycles.